The predicted octanol–water partition coefficient (Wildman–Crippen LogP) is 3.63. The summed E-state index contributed by atoms with van der Waals surface area (Å²) >= 11 is 3.20. The molecule has 0 aliphatic carbocycles. The van der Waals surface area contributed by atoms with Gasteiger partial charge in [0.05, 0.1) is 12.3 Å². The van der Waals surface area contributed by atoms with Crippen molar-refractivity contribution in [1.29, 1.82) is 0 Å². The number of ether oxygens (including phenoxy) is 1. The summed E-state index contributed by atoms with van der Waals surface area (Å²) in [7, 11) is 0. The van der Waals surface area contributed by atoms with Gasteiger partial charge in [0.25, 0.3) is 5.91 Å². The first-order valence-electron chi connectivity index (χ1n) is 5.95. The van der Waals surface area contributed by atoms with Crippen LogP contribution in [0, 0.1) is 5.82 Å². The molecule has 6 heteroatoms. The lowest BCUT2D eigenvalue weighted by Crippen LogP contribution is -2.13. The van der Waals surface area contributed by atoms with Crippen molar-refractivity contribution in [1.82, 2.24) is 4.98 Å². The number of aromatic nitrogens is 1. The number of hydrogen-bond donors (Lipinski definition) is 1. The van der Waals surface area contributed by atoms with Gasteiger partial charge in [-0.15, -0.1) is 0 Å². The molecule has 1 amide bonds. The molecule has 1 aromatic carbocycles. The summed E-state index contributed by atoms with van der Waals surface area (Å²) in [5.74, 6) is -0.437. The number of nitrogens with zero attached hydrogens (tertiary/aromatic N) is 1. The van der Waals surface area contributed by atoms with Gasteiger partial charge in [-0.05, 0) is 47.1 Å². The van der Waals surface area contributed by atoms with Crippen LogP contribution in [0.15, 0.2) is 41.1 Å². The Kier molecular flexibility index (Phi) is 4.68. The van der Waals surface area contributed by atoms with Crippen molar-refractivity contribution in [3.8, 4) is 5.75 Å². The molecule has 0 radical (unpaired) electrons. The zero-order valence-electron chi connectivity index (χ0n) is 10.7. The quantitative estimate of drug-likeness (QED) is 0.866. The number of nitrogens with one attached hydrogen (secondary N) is 1. The molecule has 1 N–H and O–H groups in total. The Morgan fingerprint density at radius 1 is 1.40 bits per heavy atom. The zero-order chi connectivity index (χ0) is 14.5. The molecule has 0 aliphatic rings. The van der Waals surface area contributed by atoms with Gasteiger partial charge in [-0.25, -0.2) is 9.37 Å². The van der Waals surface area contributed by atoms with Crippen LogP contribution in [0.5, 0.6) is 5.75 Å². The fourth-order valence-corrected chi connectivity index (χ4v) is 1.98. The van der Waals surface area contributed by atoms with E-state index in [4.69, 9.17) is 4.74 Å². The van der Waals surface area contributed by atoms with E-state index < -0.39 is 5.82 Å². The first-order chi connectivity index (χ1) is 9.60. The van der Waals surface area contributed by atoms with E-state index in [9.17, 15) is 9.18 Å². The predicted molar refractivity (Wildman–Crippen MR) is 77.5 cm³/mol. The van der Waals surface area contributed by atoms with E-state index in [1.54, 1.807) is 19.1 Å². The van der Waals surface area contributed by atoms with E-state index in [1.165, 1.54) is 24.4 Å². The largest absolute Gasteiger partial charge is 0.492 e. The van der Waals surface area contributed by atoms with Gasteiger partial charge in [-0.2, -0.15) is 0 Å². The van der Waals surface area contributed by atoms with E-state index in [0.29, 0.717) is 28.2 Å². The van der Waals surface area contributed by atoms with Crippen molar-refractivity contribution in [2.24, 2.45) is 0 Å². The lowest BCUT2D eigenvalue weighted by atomic mass is 10.2. The Labute approximate surface area is 124 Å². The minimum absolute atomic E-state index is 0.300. The zero-order valence-corrected chi connectivity index (χ0v) is 12.3. The summed E-state index contributed by atoms with van der Waals surface area (Å²) < 4.78 is 19.0. The molecule has 1 aromatic heterocycles. The van der Waals surface area contributed by atoms with Crippen molar-refractivity contribution < 1.29 is 13.9 Å². The normalized spacial score (nSPS) is 10.2. The van der Waals surface area contributed by atoms with Gasteiger partial charge in [-0.1, -0.05) is 0 Å². The molecule has 1 heterocycles. The van der Waals surface area contributed by atoms with Crippen LogP contribution < -0.4 is 10.1 Å². The van der Waals surface area contributed by atoms with E-state index in [1.807, 2.05) is 0 Å². The second kappa shape index (κ2) is 6.47. The Hall–Kier alpha value is -1.95. The standard InChI is InChI=1S/C14H12BrFN2O2/c1-2-20-12-8-10(16)3-4-11(12)18-14(19)9-5-6-17-13(15)7-9/h3-8H,2H2,1H3,(H,18,19). The molecule has 104 valence electrons. The highest BCUT2D eigenvalue weighted by Crippen LogP contribution is 2.26. The molecular formula is C14H12BrFN2O2. The third-order valence-electron chi connectivity index (χ3n) is 2.48. The van der Waals surface area contributed by atoms with Crippen molar-refractivity contribution in [3.05, 3.63) is 52.5 Å². The maximum absolute atomic E-state index is 13.2. The highest BCUT2D eigenvalue weighted by molar-refractivity contribution is 9.10. The molecule has 0 unspecified atom stereocenters. The number of halogens is 2. The Morgan fingerprint density at radius 2 is 2.20 bits per heavy atom. The molecule has 2 aromatic rings. The Morgan fingerprint density at radius 3 is 2.90 bits per heavy atom. The van der Waals surface area contributed by atoms with Gasteiger partial charge in [0.1, 0.15) is 16.2 Å². The number of carbonyl (C=O) groups is 1. The number of benzene rings is 1. The van der Waals surface area contributed by atoms with Crippen LogP contribution in [0.25, 0.3) is 0 Å². The van der Waals surface area contributed by atoms with Gasteiger partial charge in [0.2, 0.25) is 0 Å². The van der Waals surface area contributed by atoms with Crippen LogP contribution in [0.1, 0.15) is 17.3 Å². The van der Waals surface area contributed by atoms with Crippen LogP contribution in [0.3, 0.4) is 0 Å². The van der Waals surface area contributed by atoms with E-state index in [-0.39, 0.29) is 5.91 Å². The molecule has 0 atom stereocenters. The summed E-state index contributed by atoms with van der Waals surface area (Å²) in [5, 5.41) is 2.69. The minimum Gasteiger partial charge on any atom is -0.492 e. The molecule has 0 aliphatic heterocycles. The second-order valence-corrected chi connectivity index (χ2v) is 4.71. The second-order valence-electron chi connectivity index (χ2n) is 3.89. The van der Waals surface area contributed by atoms with Crippen molar-refractivity contribution >= 4 is 27.5 Å². The van der Waals surface area contributed by atoms with Crippen LogP contribution in [0.2, 0.25) is 0 Å². The number of carbonyl (C=O) groups excluding carboxylic acids is 1. The van der Waals surface area contributed by atoms with Gasteiger partial charge >= 0.3 is 0 Å². The van der Waals surface area contributed by atoms with Crippen LogP contribution in [-0.2, 0) is 0 Å². The fourth-order valence-electron chi connectivity index (χ4n) is 1.61. The van der Waals surface area contributed by atoms with Crippen molar-refractivity contribution in [3.63, 3.8) is 0 Å². The first kappa shape index (κ1) is 14.5. The van der Waals surface area contributed by atoms with Gasteiger partial charge in [0, 0.05) is 17.8 Å². The molecule has 0 saturated heterocycles. The number of amides is 1. The summed E-state index contributed by atoms with van der Waals surface area (Å²) in [5.41, 5.74) is 0.866. The lowest BCUT2D eigenvalue weighted by molar-refractivity contribution is 0.102. The molecular weight excluding hydrogens is 327 g/mol. The average Bonchev–Trinajstić information content (AvgIpc) is 2.42. The summed E-state index contributed by atoms with van der Waals surface area (Å²) in [4.78, 5) is 16.0. The van der Waals surface area contributed by atoms with Crippen molar-refractivity contribution in [2.45, 2.75) is 6.92 Å². The highest BCUT2D eigenvalue weighted by atomic mass is 79.9. The molecule has 0 saturated carbocycles. The third kappa shape index (κ3) is 3.54. The smallest absolute Gasteiger partial charge is 0.255 e. The summed E-state index contributed by atoms with van der Waals surface area (Å²) in [6.07, 6.45) is 1.52. The summed E-state index contributed by atoms with van der Waals surface area (Å²) in [6.45, 7) is 2.17. The monoisotopic (exact) mass is 338 g/mol. The Balaban J connectivity index is 2.23. The van der Waals surface area contributed by atoms with Gasteiger partial charge < -0.3 is 10.1 Å². The summed E-state index contributed by atoms with van der Waals surface area (Å²) in [6, 6.07) is 7.15. The van der Waals surface area contributed by atoms with Crippen molar-refractivity contribution in [2.75, 3.05) is 11.9 Å². The van der Waals surface area contributed by atoms with Gasteiger partial charge in [-0.3, -0.25) is 4.79 Å². The SMILES string of the molecule is CCOc1cc(F)ccc1NC(=O)c1ccnc(Br)c1. The van der Waals surface area contributed by atoms with E-state index >= 15 is 0 Å². The molecule has 20 heavy (non-hydrogen) atoms. The molecule has 4 nitrogen and oxygen atoms in total. The van der Waals surface area contributed by atoms with E-state index in [2.05, 4.69) is 26.2 Å². The lowest BCUT2D eigenvalue weighted by Gasteiger charge is -2.11. The third-order valence-corrected chi connectivity index (χ3v) is 2.91. The molecule has 2 rings (SSSR count). The maximum atomic E-state index is 13.2. The fraction of sp³-hybridized carbons (Fsp3) is 0.143. The van der Waals surface area contributed by atoms with Gasteiger partial charge in [0.15, 0.2) is 0 Å². The molecule has 0 bridgehead atoms. The van der Waals surface area contributed by atoms with Crippen LogP contribution in [0.4, 0.5) is 10.1 Å². The molecule has 0 spiro atoms. The average molecular weight is 339 g/mol. The Bertz CT molecular complexity index is 634. The van der Waals surface area contributed by atoms with Crippen LogP contribution in [-0.4, -0.2) is 17.5 Å². The highest BCUT2D eigenvalue weighted by Gasteiger charge is 2.11. The molecule has 0 fully saturated rings. The number of rotatable bonds is 4. The number of hydrogen-bond acceptors (Lipinski definition) is 3. The maximum Gasteiger partial charge on any atom is 0.255 e. The van der Waals surface area contributed by atoms with Crippen LogP contribution >= 0.6 is 15.9 Å². The van der Waals surface area contributed by atoms with E-state index in [0.717, 1.165) is 0 Å². The minimum atomic E-state index is -0.418. The number of pyridine rings is 1. The number of anilines is 1. The topological polar surface area (TPSA) is 51.2 Å². The first-order valence-corrected chi connectivity index (χ1v) is 6.74.